The van der Waals surface area contributed by atoms with Gasteiger partial charge in [0, 0.05) is 10.3 Å². The van der Waals surface area contributed by atoms with Crippen LogP contribution in [-0.4, -0.2) is 25.1 Å². The third-order valence-electron chi connectivity index (χ3n) is 4.30. The molecule has 132 valence electrons. The number of nitrogens with one attached hydrogen (secondary N) is 1. The van der Waals surface area contributed by atoms with Crippen LogP contribution in [0, 0.1) is 0 Å². The molecule has 0 radical (unpaired) electrons. The van der Waals surface area contributed by atoms with Crippen LogP contribution in [0.2, 0.25) is 0 Å². The van der Waals surface area contributed by atoms with Crippen molar-refractivity contribution in [1.29, 1.82) is 0 Å². The van der Waals surface area contributed by atoms with Crippen LogP contribution in [-0.2, 0) is 22.4 Å². The number of hydrogen-bond acceptors (Lipinski definition) is 5. The van der Waals surface area contributed by atoms with Crippen molar-refractivity contribution in [3.8, 4) is 5.75 Å². The van der Waals surface area contributed by atoms with E-state index in [4.69, 9.17) is 9.47 Å². The first-order valence-corrected chi connectivity index (χ1v) is 9.22. The summed E-state index contributed by atoms with van der Waals surface area (Å²) in [7, 11) is 1.54. The van der Waals surface area contributed by atoms with E-state index in [0.29, 0.717) is 17.0 Å². The molecule has 2 aromatic rings. The number of ether oxygens (including phenoxy) is 2. The molecule has 1 aromatic heterocycles. The number of para-hydroxylation sites is 2. The van der Waals surface area contributed by atoms with Gasteiger partial charge in [-0.05, 0) is 50.3 Å². The highest BCUT2D eigenvalue weighted by Gasteiger charge is 2.25. The minimum Gasteiger partial charge on any atom is -0.495 e. The van der Waals surface area contributed by atoms with Gasteiger partial charge in [-0.2, -0.15) is 0 Å². The van der Waals surface area contributed by atoms with Gasteiger partial charge in [-0.25, -0.2) is 4.79 Å². The van der Waals surface area contributed by atoms with Crippen LogP contribution < -0.4 is 10.1 Å². The Morgan fingerprint density at radius 1 is 1.20 bits per heavy atom. The van der Waals surface area contributed by atoms with Crippen LogP contribution in [0.25, 0.3) is 0 Å². The van der Waals surface area contributed by atoms with Gasteiger partial charge in [-0.1, -0.05) is 12.1 Å². The topological polar surface area (TPSA) is 64.6 Å². The first-order valence-electron chi connectivity index (χ1n) is 8.34. The molecule has 0 aliphatic heterocycles. The Bertz CT molecular complexity index is 783. The number of aryl methyl sites for hydroxylation is 1. The molecule has 0 fully saturated rings. The number of carbonyl (C=O) groups excluding carboxylic acids is 2. The Morgan fingerprint density at radius 3 is 2.76 bits per heavy atom. The minimum absolute atomic E-state index is 0.387. The zero-order valence-corrected chi connectivity index (χ0v) is 15.2. The van der Waals surface area contributed by atoms with E-state index in [9.17, 15) is 9.59 Å². The second kappa shape index (κ2) is 7.70. The van der Waals surface area contributed by atoms with Crippen LogP contribution in [0.15, 0.2) is 29.6 Å². The maximum atomic E-state index is 12.4. The normalized spacial score (nSPS) is 14.3. The van der Waals surface area contributed by atoms with Gasteiger partial charge in [0.15, 0.2) is 6.10 Å². The average Bonchev–Trinajstić information content (AvgIpc) is 3.06. The molecule has 0 bridgehead atoms. The molecule has 1 aliphatic carbocycles. The number of carbonyl (C=O) groups is 2. The van der Waals surface area contributed by atoms with Crippen molar-refractivity contribution in [3.05, 3.63) is 45.6 Å². The quantitative estimate of drug-likeness (QED) is 0.824. The summed E-state index contributed by atoms with van der Waals surface area (Å²) in [5.41, 5.74) is 2.25. The molecular formula is C19H21NO4S. The summed E-state index contributed by atoms with van der Waals surface area (Å²) in [4.78, 5) is 26.0. The smallest absolute Gasteiger partial charge is 0.340 e. The molecule has 5 nitrogen and oxygen atoms in total. The number of thiophene rings is 1. The third-order valence-corrected chi connectivity index (χ3v) is 5.39. The highest BCUT2D eigenvalue weighted by molar-refractivity contribution is 7.10. The van der Waals surface area contributed by atoms with E-state index >= 15 is 0 Å². The molecule has 1 amide bonds. The van der Waals surface area contributed by atoms with Crippen molar-refractivity contribution in [3.63, 3.8) is 0 Å². The van der Waals surface area contributed by atoms with Gasteiger partial charge in [-0.15, -0.1) is 11.3 Å². The van der Waals surface area contributed by atoms with Crippen molar-refractivity contribution in [2.75, 3.05) is 12.4 Å². The number of anilines is 1. The fourth-order valence-electron chi connectivity index (χ4n) is 2.92. The van der Waals surface area contributed by atoms with Gasteiger partial charge < -0.3 is 14.8 Å². The molecule has 0 saturated heterocycles. The second-order valence-corrected chi connectivity index (χ2v) is 6.96. The summed E-state index contributed by atoms with van der Waals surface area (Å²) in [5.74, 6) is -0.259. The first-order chi connectivity index (χ1) is 12.1. The highest BCUT2D eigenvalue weighted by Crippen LogP contribution is 2.31. The number of amides is 1. The predicted octanol–water partition coefficient (Wildman–Crippen LogP) is 3.82. The minimum atomic E-state index is -0.892. The van der Waals surface area contributed by atoms with E-state index < -0.39 is 12.1 Å². The Labute approximate surface area is 151 Å². The Morgan fingerprint density at radius 2 is 1.96 bits per heavy atom. The van der Waals surface area contributed by atoms with Crippen LogP contribution >= 0.6 is 11.3 Å². The molecule has 1 aromatic carbocycles. The molecule has 6 heteroatoms. The molecule has 0 saturated carbocycles. The van der Waals surface area contributed by atoms with Gasteiger partial charge >= 0.3 is 5.97 Å². The standard InChI is InChI=1S/C19H21NO4S/c1-12(18(21)20-15-8-4-5-9-16(15)23-2)24-19(22)14-11-25-17-10-6-3-7-13(14)17/h4-5,8-9,11-12H,3,6-7,10H2,1-2H3,(H,20,21)/t12-/m0/s1. The zero-order valence-electron chi connectivity index (χ0n) is 14.3. The SMILES string of the molecule is COc1ccccc1NC(=O)[C@H](C)OC(=O)c1csc2c1CCCC2. The lowest BCUT2D eigenvalue weighted by Gasteiger charge is -2.16. The Kier molecular flexibility index (Phi) is 5.38. The molecule has 0 unspecified atom stereocenters. The summed E-state index contributed by atoms with van der Waals surface area (Å²) in [6, 6.07) is 7.11. The number of fused-ring (bicyclic) bond motifs is 1. The highest BCUT2D eigenvalue weighted by atomic mass is 32.1. The fourth-order valence-corrected chi connectivity index (χ4v) is 4.04. The number of rotatable bonds is 5. The maximum Gasteiger partial charge on any atom is 0.340 e. The van der Waals surface area contributed by atoms with Crippen LogP contribution in [0.4, 0.5) is 5.69 Å². The molecule has 1 atom stereocenters. The van der Waals surface area contributed by atoms with E-state index in [-0.39, 0.29) is 5.91 Å². The van der Waals surface area contributed by atoms with E-state index in [1.54, 1.807) is 36.5 Å². The third kappa shape index (κ3) is 3.85. The monoisotopic (exact) mass is 359 g/mol. The summed E-state index contributed by atoms with van der Waals surface area (Å²) in [5, 5.41) is 4.59. The first kappa shape index (κ1) is 17.5. The maximum absolute atomic E-state index is 12.4. The van der Waals surface area contributed by atoms with Crippen LogP contribution in [0.5, 0.6) is 5.75 Å². The predicted molar refractivity (Wildman–Crippen MR) is 97.5 cm³/mol. The number of benzene rings is 1. The zero-order chi connectivity index (χ0) is 17.8. The summed E-state index contributed by atoms with van der Waals surface area (Å²) >= 11 is 1.61. The number of methoxy groups -OCH3 is 1. The fraction of sp³-hybridized carbons (Fsp3) is 0.368. The largest absolute Gasteiger partial charge is 0.495 e. The van der Waals surface area contributed by atoms with Crippen molar-refractivity contribution in [1.82, 2.24) is 0 Å². The Hall–Kier alpha value is -2.34. The van der Waals surface area contributed by atoms with Gasteiger partial charge in [-0.3, -0.25) is 4.79 Å². The van der Waals surface area contributed by atoms with Crippen molar-refractivity contribution < 1.29 is 19.1 Å². The lowest BCUT2D eigenvalue weighted by atomic mass is 9.96. The molecule has 1 heterocycles. The number of hydrogen-bond donors (Lipinski definition) is 1. The molecule has 1 aliphatic rings. The van der Waals surface area contributed by atoms with E-state index in [0.717, 1.165) is 24.8 Å². The van der Waals surface area contributed by atoms with E-state index in [2.05, 4.69) is 5.32 Å². The molecule has 25 heavy (non-hydrogen) atoms. The van der Waals surface area contributed by atoms with Crippen LogP contribution in [0.1, 0.15) is 40.6 Å². The lowest BCUT2D eigenvalue weighted by molar-refractivity contribution is -0.123. The van der Waals surface area contributed by atoms with Gasteiger partial charge in [0.2, 0.25) is 0 Å². The molecule has 0 spiro atoms. The lowest BCUT2D eigenvalue weighted by Crippen LogP contribution is -2.30. The van der Waals surface area contributed by atoms with Gasteiger partial charge in [0.1, 0.15) is 5.75 Å². The van der Waals surface area contributed by atoms with E-state index in [1.807, 2.05) is 11.4 Å². The molecular weight excluding hydrogens is 338 g/mol. The second-order valence-electron chi connectivity index (χ2n) is 6.00. The Balaban J connectivity index is 1.65. The van der Waals surface area contributed by atoms with Gasteiger partial charge in [0.05, 0.1) is 18.4 Å². The summed E-state index contributed by atoms with van der Waals surface area (Å²) < 4.78 is 10.6. The van der Waals surface area contributed by atoms with E-state index in [1.165, 1.54) is 18.4 Å². The van der Waals surface area contributed by atoms with Crippen LogP contribution in [0.3, 0.4) is 0 Å². The van der Waals surface area contributed by atoms with Crippen molar-refractivity contribution in [2.24, 2.45) is 0 Å². The molecule has 3 rings (SSSR count). The summed E-state index contributed by atoms with van der Waals surface area (Å²) in [6.45, 7) is 1.57. The van der Waals surface area contributed by atoms with Crippen molar-refractivity contribution in [2.45, 2.75) is 38.7 Å². The summed E-state index contributed by atoms with van der Waals surface area (Å²) in [6.07, 6.45) is 3.30. The van der Waals surface area contributed by atoms with Gasteiger partial charge in [0.25, 0.3) is 5.91 Å². The average molecular weight is 359 g/mol. The van der Waals surface area contributed by atoms with Crippen molar-refractivity contribution >= 4 is 28.9 Å². The number of esters is 1. The molecule has 1 N–H and O–H groups in total.